The van der Waals surface area contributed by atoms with E-state index in [1.807, 2.05) is 30.3 Å². The van der Waals surface area contributed by atoms with Crippen LogP contribution in [-0.2, 0) is 10.5 Å². The third kappa shape index (κ3) is 3.69. The highest BCUT2D eigenvalue weighted by Gasteiger charge is 2.64. The maximum Gasteiger partial charge on any atom is 0.406 e. The maximum absolute atomic E-state index is 13.3. The van der Waals surface area contributed by atoms with Crippen LogP contribution in [0.3, 0.4) is 0 Å². The van der Waals surface area contributed by atoms with Gasteiger partial charge in [-0.05, 0) is 24.6 Å². The number of hydrogen-bond donors (Lipinski definition) is 1. The number of benzene rings is 1. The van der Waals surface area contributed by atoms with Gasteiger partial charge in [-0.1, -0.05) is 18.2 Å². The topological polar surface area (TPSA) is 70.8 Å². The second-order valence-corrected chi connectivity index (χ2v) is 7.29. The van der Waals surface area contributed by atoms with Crippen LogP contribution in [0.4, 0.5) is 13.2 Å². The molecule has 2 heterocycles. The molecular formula is C18H16F3NO4S. The Bertz CT molecular complexity index is 837. The summed E-state index contributed by atoms with van der Waals surface area (Å²) in [4.78, 5) is 25.8. The normalized spacial score (nSPS) is 20.0. The molecule has 1 amide bonds. The molecule has 27 heavy (non-hydrogen) atoms. The van der Waals surface area contributed by atoms with Crippen LogP contribution in [0.2, 0.25) is 0 Å². The van der Waals surface area contributed by atoms with E-state index < -0.39 is 36.4 Å². The number of carbonyl (C=O) groups is 2. The van der Waals surface area contributed by atoms with Gasteiger partial charge < -0.3 is 14.4 Å². The van der Waals surface area contributed by atoms with Gasteiger partial charge in [0.05, 0.1) is 6.26 Å². The standard InChI is InChI=1S/C18H16F3NO4S/c19-18(20,21)17(16(24)25)7-8-22(11-17)15(23)14-12(6-9-26-14)10-27-13-4-2-1-3-5-13/h1-6,9H,7-8,10-11H2,(H,24,25). The van der Waals surface area contributed by atoms with Crippen LogP contribution in [0.1, 0.15) is 22.5 Å². The molecule has 1 aromatic heterocycles. The van der Waals surface area contributed by atoms with Crippen molar-refractivity contribution >= 4 is 23.6 Å². The summed E-state index contributed by atoms with van der Waals surface area (Å²) in [5.41, 5.74) is -2.39. The Morgan fingerprint density at radius 2 is 1.93 bits per heavy atom. The first-order chi connectivity index (χ1) is 12.7. The van der Waals surface area contributed by atoms with Gasteiger partial charge in [0.25, 0.3) is 5.91 Å². The van der Waals surface area contributed by atoms with Gasteiger partial charge in [-0.25, -0.2) is 0 Å². The van der Waals surface area contributed by atoms with Crippen molar-refractivity contribution in [2.45, 2.75) is 23.2 Å². The van der Waals surface area contributed by atoms with Gasteiger partial charge in [-0.3, -0.25) is 9.59 Å². The minimum Gasteiger partial charge on any atom is -0.481 e. The van der Waals surface area contributed by atoms with E-state index >= 15 is 0 Å². The van der Waals surface area contributed by atoms with Crippen molar-refractivity contribution in [1.29, 1.82) is 0 Å². The van der Waals surface area contributed by atoms with Crippen LogP contribution in [0.15, 0.2) is 52.0 Å². The monoisotopic (exact) mass is 399 g/mol. The van der Waals surface area contributed by atoms with Crippen LogP contribution < -0.4 is 0 Å². The number of carboxylic acid groups (broad SMARTS) is 1. The van der Waals surface area contributed by atoms with Crippen molar-refractivity contribution in [2.75, 3.05) is 13.1 Å². The van der Waals surface area contributed by atoms with Crippen molar-refractivity contribution in [1.82, 2.24) is 4.90 Å². The number of likely N-dealkylation sites (tertiary alicyclic amines) is 1. The van der Waals surface area contributed by atoms with Crippen molar-refractivity contribution in [3.8, 4) is 0 Å². The number of rotatable bonds is 5. The molecule has 1 fully saturated rings. The number of alkyl halides is 3. The molecule has 1 aliphatic heterocycles. The lowest BCUT2D eigenvalue weighted by molar-refractivity contribution is -0.227. The number of carboxylic acids is 1. The number of nitrogens with zero attached hydrogens (tertiary/aromatic N) is 1. The molecule has 1 saturated heterocycles. The molecule has 1 N–H and O–H groups in total. The molecule has 0 bridgehead atoms. The quantitative estimate of drug-likeness (QED) is 0.768. The zero-order valence-corrected chi connectivity index (χ0v) is 14.8. The van der Waals surface area contributed by atoms with Crippen molar-refractivity contribution in [3.05, 3.63) is 54.0 Å². The maximum atomic E-state index is 13.3. The number of carbonyl (C=O) groups excluding carboxylic acids is 1. The van der Waals surface area contributed by atoms with Crippen LogP contribution in [0.5, 0.6) is 0 Å². The van der Waals surface area contributed by atoms with Crippen LogP contribution in [0, 0.1) is 5.41 Å². The molecule has 1 atom stereocenters. The Hall–Kier alpha value is -2.42. The predicted octanol–water partition coefficient (Wildman–Crippen LogP) is 4.05. The molecule has 0 radical (unpaired) electrons. The highest BCUT2D eigenvalue weighted by atomic mass is 32.2. The molecule has 1 unspecified atom stereocenters. The number of halogens is 3. The van der Waals surface area contributed by atoms with Gasteiger partial charge in [-0.2, -0.15) is 13.2 Å². The molecule has 0 aliphatic carbocycles. The lowest BCUT2D eigenvalue weighted by Gasteiger charge is -2.27. The van der Waals surface area contributed by atoms with Crippen molar-refractivity contribution < 1.29 is 32.3 Å². The number of furan rings is 1. The summed E-state index contributed by atoms with van der Waals surface area (Å²) in [6.45, 7) is -1.22. The van der Waals surface area contributed by atoms with Crippen LogP contribution >= 0.6 is 11.8 Å². The number of thioether (sulfide) groups is 1. The van der Waals surface area contributed by atoms with Gasteiger partial charge in [0.2, 0.25) is 0 Å². The zero-order valence-electron chi connectivity index (χ0n) is 14.0. The fourth-order valence-electron chi connectivity index (χ4n) is 2.97. The van der Waals surface area contributed by atoms with E-state index in [4.69, 9.17) is 9.52 Å². The minimum atomic E-state index is -4.94. The zero-order chi connectivity index (χ0) is 19.7. The summed E-state index contributed by atoms with van der Waals surface area (Å²) in [7, 11) is 0. The van der Waals surface area contributed by atoms with E-state index in [1.165, 1.54) is 18.0 Å². The molecule has 9 heteroatoms. The summed E-state index contributed by atoms with van der Waals surface area (Å²) >= 11 is 1.46. The summed E-state index contributed by atoms with van der Waals surface area (Å²) in [5.74, 6) is -2.35. The summed E-state index contributed by atoms with van der Waals surface area (Å²) in [5, 5.41) is 9.11. The molecule has 1 aromatic carbocycles. The SMILES string of the molecule is O=C(c1occc1CSc1ccccc1)N1CCC(C(=O)O)(C(F)(F)F)C1. The Kier molecular flexibility index (Phi) is 5.23. The minimum absolute atomic E-state index is 0.0539. The second-order valence-electron chi connectivity index (χ2n) is 6.24. The summed E-state index contributed by atoms with van der Waals surface area (Å²) in [6, 6.07) is 11.0. The average Bonchev–Trinajstić information content (AvgIpc) is 3.27. The van der Waals surface area contributed by atoms with E-state index in [0.717, 1.165) is 9.80 Å². The van der Waals surface area contributed by atoms with Gasteiger partial charge in [0.15, 0.2) is 11.2 Å². The Morgan fingerprint density at radius 1 is 1.22 bits per heavy atom. The van der Waals surface area contributed by atoms with Gasteiger partial charge >= 0.3 is 12.1 Å². The molecule has 3 rings (SSSR count). The van der Waals surface area contributed by atoms with E-state index in [-0.39, 0.29) is 12.3 Å². The largest absolute Gasteiger partial charge is 0.481 e. The average molecular weight is 399 g/mol. The molecule has 0 saturated carbocycles. The van der Waals surface area contributed by atoms with Gasteiger partial charge in [0, 0.05) is 29.3 Å². The Balaban J connectivity index is 1.74. The summed E-state index contributed by atoms with van der Waals surface area (Å²) < 4.78 is 45.1. The third-order valence-electron chi connectivity index (χ3n) is 4.59. The highest BCUT2D eigenvalue weighted by Crippen LogP contribution is 2.46. The lowest BCUT2D eigenvalue weighted by Crippen LogP contribution is -2.47. The predicted molar refractivity (Wildman–Crippen MR) is 91.4 cm³/mol. The van der Waals surface area contributed by atoms with E-state index in [0.29, 0.717) is 11.3 Å². The fourth-order valence-corrected chi connectivity index (χ4v) is 3.87. The molecular weight excluding hydrogens is 383 g/mol. The fraction of sp³-hybridized carbons (Fsp3) is 0.333. The van der Waals surface area contributed by atoms with Crippen LogP contribution in [0.25, 0.3) is 0 Å². The van der Waals surface area contributed by atoms with E-state index in [2.05, 4.69) is 0 Å². The smallest absolute Gasteiger partial charge is 0.406 e. The van der Waals surface area contributed by atoms with Gasteiger partial charge in [-0.15, -0.1) is 11.8 Å². The number of aliphatic carboxylic acids is 1. The number of amides is 1. The van der Waals surface area contributed by atoms with Crippen molar-refractivity contribution in [2.24, 2.45) is 5.41 Å². The third-order valence-corrected chi connectivity index (χ3v) is 5.65. The first-order valence-electron chi connectivity index (χ1n) is 8.08. The molecule has 1 aliphatic rings. The summed E-state index contributed by atoms with van der Waals surface area (Å²) in [6.07, 6.45) is -4.31. The van der Waals surface area contributed by atoms with Crippen molar-refractivity contribution in [3.63, 3.8) is 0 Å². The molecule has 144 valence electrons. The van der Waals surface area contributed by atoms with E-state index in [9.17, 15) is 22.8 Å². The number of hydrogen-bond acceptors (Lipinski definition) is 4. The molecule has 5 nitrogen and oxygen atoms in total. The lowest BCUT2D eigenvalue weighted by atomic mass is 9.86. The van der Waals surface area contributed by atoms with Crippen LogP contribution in [-0.4, -0.2) is 41.1 Å². The molecule has 2 aromatic rings. The first-order valence-corrected chi connectivity index (χ1v) is 9.07. The van der Waals surface area contributed by atoms with Gasteiger partial charge in [0.1, 0.15) is 0 Å². The molecule has 0 spiro atoms. The van der Waals surface area contributed by atoms with E-state index in [1.54, 1.807) is 6.07 Å². The Labute approximate surface area is 157 Å². The first kappa shape index (κ1) is 19.3. The second kappa shape index (κ2) is 7.30. The Morgan fingerprint density at radius 3 is 2.52 bits per heavy atom. The highest BCUT2D eigenvalue weighted by molar-refractivity contribution is 7.98.